The topological polar surface area (TPSA) is 77.0 Å². The van der Waals surface area contributed by atoms with E-state index in [4.69, 9.17) is 14.2 Å². The van der Waals surface area contributed by atoms with Gasteiger partial charge in [-0.15, -0.1) is 0 Å². The van der Waals surface area contributed by atoms with Crippen LogP contribution in [0.15, 0.2) is 24.3 Å². The first-order chi connectivity index (χ1) is 10.1. The Labute approximate surface area is 124 Å². The average molecular weight is 295 g/mol. The number of carbonyl (C=O) groups excluding carboxylic acids is 1. The second kappa shape index (κ2) is 7.28. The second-order valence-corrected chi connectivity index (χ2v) is 5.08. The van der Waals surface area contributed by atoms with Crippen molar-refractivity contribution in [2.45, 2.75) is 31.6 Å². The van der Waals surface area contributed by atoms with Gasteiger partial charge in [0.25, 0.3) is 0 Å². The van der Waals surface area contributed by atoms with Gasteiger partial charge in [-0.25, -0.2) is 4.79 Å². The van der Waals surface area contributed by atoms with E-state index in [0.29, 0.717) is 19.6 Å². The van der Waals surface area contributed by atoms with Crippen molar-refractivity contribution in [3.05, 3.63) is 29.8 Å². The number of amides is 1. The second-order valence-electron chi connectivity index (χ2n) is 5.08. The van der Waals surface area contributed by atoms with E-state index in [9.17, 15) is 9.90 Å². The van der Waals surface area contributed by atoms with E-state index in [0.717, 1.165) is 11.3 Å². The number of rotatable bonds is 7. The summed E-state index contributed by atoms with van der Waals surface area (Å²) in [6.07, 6.45) is -0.543. The van der Waals surface area contributed by atoms with E-state index in [-0.39, 0.29) is 18.2 Å². The molecule has 0 aromatic heterocycles. The molecule has 6 heteroatoms. The number of ether oxygens (including phenoxy) is 3. The Morgan fingerprint density at radius 2 is 2.10 bits per heavy atom. The van der Waals surface area contributed by atoms with Gasteiger partial charge in [-0.3, -0.25) is 0 Å². The number of benzene rings is 1. The molecule has 2 rings (SSSR count). The van der Waals surface area contributed by atoms with Crippen molar-refractivity contribution in [3.63, 3.8) is 0 Å². The van der Waals surface area contributed by atoms with Crippen molar-refractivity contribution in [3.8, 4) is 5.75 Å². The van der Waals surface area contributed by atoms with Crippen LogP contribution in [0.2, 0.25) is 0 Å². The third-order valence-corrected chi connectivity index (χ3v) is 3.28. The normalized spacial score (nSPS) is 22.5. The van der Waals surface area contributed by atoms with Crippen LogP contribution in [-0.2, 0) is 9.47 Å². The van der Waals surface area contributed by atoms with Crippen LogP contribution >= 0.6 is 0 Å². The molecule has 0 radical (unpaired) electrons. The zero-order valence-corrected chi connectivity index (χ0v) is 12.2. The van der Waals surface area contributed by atoms with Crippen LogP contribution in [-0.4, -0.2) is 43.7 Å². The number of methoxy groups -OCH3 is 1. The van der Waals surface area contributed by atoms with Crippen LogP contribution in [0.1, 0.15) is 24.9 Å². The number of hydrogen-bond donors (Lipinski definition) is 2. The molecule has 0 saturated carbocycles. The fraction of sp³-hybridized carbons (Fsp3) is 0.533. The standard InChI is InChI=1S/C15H21NO5/c1-10(17)7-8-20-12-5-3-11(4-6-12)14-13(9-19-2)21-15(18)16-14/h3-6,10,13-14,17H,7-9H2,1-2H3,(H,16,18)/t10-,13-,14?/m0/s1. The number of alkyl carbamates (subject to hydrolysis) is 1. The molecule has 6 nitrogen and oxygen atoms in total. The fourth-order valence-electron chi connectivity index (χ4n) is 2.17. The maximum Gasteiger partial charge on any atom is 0.408 e. The highest BCUT2D eigenvalue weighted by Gasteiger charge is 2.35. The van der Waals surface area contributed by atoms with E-state index in [1.807, 2.05) is 24.3 Å². The molecule has 1 heterocycles. The van der Waals surface area contributed by atoms with E-state index in [2.05, 4.69) is 5.32 Å². The largest absolute Gasteiger partial charge is 0.493 e. The summed E-state index contributed by atoms with van der Waals surface area (Å²) in [5.41, 5.74) is 0.936. The Hall–Kier alpha value is -1.79. The lowest BCUT2D eigenvalue weighted by atomic mass is 10.0. The smallest absolute Gasteiger partial charge is 0.408 e. The minimum absolute atomic E-state index is 0.219. The molecule has 1 aliphatic rings. The molecule has 1 aromatic carbocycles. The van der Waals surface area contributed by atoms with Gasteiger partial charge in [-0.05, 0) is 24.6 Å². The first-order valence-electron chi connectivity index (χ1n) is 6.97. The van der Waals surface area contributed by atoms with Crippen molar-refractivity contribution in [1.29, 1.82) is 0 Å². The molecular weight excluding hydrogens is 274 g/mol. The third-order valence-electron chi connectivity index (χ3n) is 3.28. The van der Waals surface area contributed by atoms with Gasteiger partial charge >= 0.3 is 6.09 Å². The Bertz CT molecular complexity index is 460. The van der Waals surface area contributed by atoms with Gasteiger partial charge in [-0.2, -0.15) is 0 Å². The fourth-order valence-corrected chi connectivity index (χ4v) is 2.17. The first kappa shape index (κ1) is 15.6. The van der Waals surface area contributed by atoms with E-state index in [1.54, 1.807) is 14.0 Å². The number of aliphatic hydroxyl groups is 1. The van der Waals surface area contributed by atoms with Crippen LogP contribution in [0.4, 0.5) is 4.79 Å². The number of aliphatic hydroxyl groups excluding tert-OH is 1. The number of carbonyl (C=O) groups is 1. The van der Waals surface area contributed by atoms with Crippen LogP contribution in [0.3, 0.4) is 0 Å². The van der Waals surface area contributed by atoms with Gasteiger partial charge in [-0.1, -0.05) is 12.1 Å². The third kappa shape index (κ3) is 4.34. The maximum atomic E-state index is 11.3. The quantitative estimate of drug-likeness (QED) is 0.799. The van der Waals surface area contributed by atoms with E-state index >= 15 is 0 Å². The van der Waals surface area contributed by atoms with E-state index < -0.39 is 6.09 Å². The summed E-state index contributed by atoms with van der Waals surface area (Å²) in [5.74, 6) is 0.730. The van der Waals surface area contributed by atoms with Gasteiger partial charge < -0.3 is 24.6 Å². The molecule has 2 N–H and O–H groups in total. The molecule has 21 heavy (non-hydrogen) atoms. The Kier molecular flexibility index (Phi) is 5.41. The lowest BCUT2D eigenvalue weighted by Crippen LogP contribution is -2.25. The van der Waals surface area contributed by atoms with Crippen LogP contribution < -0.4 is 10.1 Å². The van der Waals surface area contributed by atoms with Gasteiger partial charge in [0.1, 0.15) is 5.75 Å². The Morgan fingerprint density at radius 1 is 1.38 bits per heavy atom. The Morgan fingerprint density at radius 3 is 2.71 bits per heavy atom. The number of nitrogens with one attached hydrogen (secondary N) is 1. The molecule has 1 saturated heterocycles. The number of hydrogen-bond acceptors (Lipinski definition) is 5. The minimum Gasteiger partial charge on any atom is -0.493 e. The predicted molar refractivity (Wildman–Crippen MR) is 76.3 cm³/mol. The highest BCUT2D eigenvalue weighted by atomic mass is 16.6. The van der Waals surface area contributed by atoms with Crippen molar-refractivity contribution in [1.82, 2.24) is 5.32 Å². The van der Waals surface area contributed by atoms with Gasteiger partial charge in [0.15, 0.2) is 6.10 Å². The van der Waals surface area contributed by atoms with Gasteiger partial charge in [0.2, 0.25) is 0 Å². The average Bonchev–Trinajstić information content (AvgIpc) is 2.80. The van der Waals surface area contributed by atoms with Crippen LogP contribution in [0, 0.1) is 0 Å². The molecule has 116 valence electrons. The summed E-state index contributed by atoms with van der Waals surface area (Å²) in [6.45, 7) is 2.54. The summed E-state index contributed by atoms with van der Waals surface area (Å²) in [6, 6.07) is 7.24. The molecule has 0 spiro atoms. The lowest BCUT2D eigenvalue weighted by molar-refractivity contribution is 0.0590. The summed E-state index contributed by atoms with van der Waals surface area (Å²) >= 11 is 0. The van der Waals surface area contributed by atoms with Crippen molar-refractivity contribution in [2.75, 3.05) is 20.3 Å². The number of cyclic esters (lactones) is 1. The predicted octanol–water partition coefficient (Wildman–Crippen LogP) is 1.63. The Balaban J connectivity index is 1.96. The minimum atomic E-state index is -0.431. The van der Waals surface area contributed by atoms with Crippen LogP contribution in [0.25, 0.3) is 0 Å². The molecular formula is C15H21NO5. The molecule has 0 aliphatic carbocycles. The first-order valence-corrected chi connectivity index (χ1v) is 6.97. The highest BCUT2D eigenvalue weighted by Crippen LogP contribution is 2.26. The molecule has 1 unspecified atom stereocenters. The van der Waals surface area contributed by atoms with Crippen molar-refractivity contribution < 1.29 is 24.1 Å². The molecule has 0 bridgehead atoms. The maximum absolute atomic E-state index is 11.3. The molecule has 1 aliphatic heterocycles. The summed E-state index contributed by atoms with van der Waals surface area (Å²) in [7, 11) is 1.57. The van der Waals surface area contributed by atoms with Crippen LogP contribution in [0.5, 0.6) is 5.75 Å². The van der Waals surface area contributed by atoms with E-state index in [1.165, 1.54) is 0 Å². The SMILES string of the molecule is COC[C@@H]1OC(=O)NC1c1ccc(OCC[C@H](C)O)cc1. The molecule has 1 amide bonds. The molecule has 3 atom stereocenters. The molecule has 1 aromatic rings. The summed E-state index contributed by atoms with van der Waals surface area (Å²) < 4.78 is 15.7. The molecule has 1 fully saturated rings. The zero-order valence-electron chi connectivity index (χ0n) is 12.2. The summed E-state index contributed by atoms with van der Waals surface area (Å²) in [5, 5.41) is 11.9. The van der Waals surface area contributed by atoms with Gasteiger partial charge in [0, 0.05) is 13.5 Å². The van der Waals surface area contributed by atoms with Crippen molar-refractivity contribution in [2.24, 2.45) is 0 Å². The van der Waals surface area contributed by atoms with Gasteiger partial charge in [0.05, 0.1) is 25.4 Å². The monoisotopic (exact) mass is 295 g/mol. The zero-order chi connectivity index (χ0) is 15.2. The van der Waals surface area contributed by atoms with Crippen molar-refractivity contribution >= 4 is 6.09 Å². The lowest BCUT2D eigenvalue weighted by Gasteiger charge is -2.16. The summed E-state index contributed by atoms with van der Waals surface area (Å²) in [4.78, 5) is 11.3. The highest BCUT2D eigenvalue weighted by molar-refractivity contribution is 5.70.